The summed E-state index contributed by atoms with van der Waals surface area (Å²) in [5.41, 5.74) is 3.00. The van der Waals surface area contributed by atoms with Crippen molar-refractivity contribution in [2.75, 3.05) is 6.54 Å². The van der Waals surface area contributed by atoms with Gasteiger partial charge in [0, 0.05) is 18.6 Å². The number of rotatable bonds is 5. The average molecular weight is 233 g/mol. The Balaban J connectivity index is 1.68. The molecule has 17 heavy (non-hydrogen) atoms. The minimum atomic E-state index is 0.950. The molecule has 2 fully saturated rings. The van der Waals surface area contributed by atoms with Crippen LogP contribution in [0.1, 0.15) is 59.3 Å². The lowest BCUT2D eigenvalue weighted by Crippen LogP contribution is -2.02. The highest BCUT2D eigenvalue weighted by molar-refractivity contribution is 5.10. The lowest BCUT2D eigenvalue weighted by atomic mass is 10.0. The number of nitrogens with zero attached hydrogens (tertiary/aromatic N) is 1. The Hall–Kier alpha value is -0.560. The topological polar surface area (TPSA) is 3.01 Å². The summed E-state index contributed by atoms with van der Waals surface area (Å²) in [4.78, 5) is 2.69. The van der Waals surface area contributed by atoms with Gasteiger partial charge in [-0.3, -0.25) is 4.90 Å². The van der Waals surface area contributed by atoms with E-state index < -0.39 is 0 Å². The number of hydrogen-bond acceptors (Lipinski definition) is 1. The van der Waals surface area contributed by atoms with Gasteiger partial charge in [-0.2, -0.15) is 0 Å². The summed E-state index contributed by atoms with van der Waals surface area (Å²) in [6.45, 7) is 7.85. The van der Waals surface area contributed by atoms with E-state index >= 15 is 0 Å². The van der Waals surface area contributed by atoms with E-state index in [1.165, 1.54) is 50.6 Å². The Morgan fingerprint density at radius 1 is 1.06 bits per heavy atom. The van der Waals surface area contributed by atoms with Crippen LogP contribution in [0, 0.1) is 0 Å². The quantitative estimate of drug-likeness (QED) is 0.505. The van der Waals surface area contributed by atoms with Gasteiger partial charge in [-0.1, -0.05) is 36.1 Å². The number of allylic oxidation sites excluding steroid dienone is 3. The zero-order valence-corrected chi connectivity index (χ0v) is 11.7. The van der Waals surface area contributed by atoms with Crippen molar-refractivity contribution in [2.24, 2.45) is 0 Å². The molecule has 2 atom stereocenters. The smallest absolute Gasteiger partial charge is 0.0258 e. The van der Waals surface area contributed by atoms with Gasteiger partial charge in [0.15, 0.2) is 0 Å². The fourth-order valence-electron chi connectivity index (χ4n) is 3.04. The lowest BCUT2D eigenvalue weighted by Gasteiger charge is -2.02. The fraction of sp³-hybridized carbons (Fsp3) is 0.750. The van der Waals surface area contributed by atoms with Crippen LogP contribution in [0.4, 0.5) is 0 Å². The zero-order chi connectivity index (χ0) is 12.3. The minimum Gasteiger partial charge on any atom is -0.291 e. The third-order valence-corrected chi connectivity index (χ3v) is 4.20. The van der Waals surface area contributed by atoms with Crippen molar-refractivity contribution in [1.29, 1.82) is 0 Å². The van der Waals surface area contributed by atoms with Crippen LogP contribution in [0.25, 0.3) is 0 Å². The second-order valence-electron chi connectivity index (χ2n) is 5.99. The molecule has 0 aromatic heterocycles. The Morgan fingerprint density at radius 2 is 1.71 bits per heavy atom. The SMILES string of the molecule is CC(C)=CCC/C(C)=C/CN1C2CCCCC21. The molecule has 1 heteroatoms. The maximum absolute atomic E-state index is 2.69. The molecule has 1 aliphatic carbocycles. The minimum absolute atomic E-state index is 0.950. The van der Waals surface area contributed by atoms with Crippen molar-refractivity contribution < 1.29 is 0 Å². The van der Waals surface area contributed by atoms with E-state index in [0.29, 0.717) is 0 Å². The van der Waals surface area contributed by atoms with Gasteiger partial charge in [0.1, 0.15) is 0 Å². The van der Waals surface area contributed by atoms with E-state index in [4.69, 9.17) is 0 Å². The van der Waals surface area contributed by atoms with Gasteiger partial charge in [-0.25, -0.2) is 0 Å². The highest BCUT2D eigenvalue weighted by Gasteiger charge is 2.46. The first-order chi connectivity index (χ1) is 8.18. The van der Waals surface area contributed by atoms with E-state index in [9.17, 15) is 0 Å². The predicted molar refractivity (Wildman–Crippen MR) is 75.2 cm³/mol. The molecule has 0 radical (unpaired) electrons. The van der Waals surface area contributed by atoms with E-state index in [2.05, 4.69) is 37.8 Å². The van der Waals surface area contributed by atoms with Crippen molar-refractivity contribution in [3.8, 4) is 0 Å². The molecule has 1 nitrogen and oxygen atoms in total. The first kappa shape index (κ1) is 12.9. The standard InChI is InChI=1S/C16H27N/c1-13(2)7-6-8-14(3)11-12-17-15-9-4-5-10-16(15)17/h7,11,15-16H,4-6,8-10,12H2,1-3H3/b14-11+. The summed E-state index contributed by atoms with van der Waals surface area (Å²) in [6, 6.07) is 1.90. The van der Waals surface area contributed by atoms with Crippen LogP contribution in [-0.4, -0.2) is 23.5 Å². The van der Waals surface area contributed by atoms with Gasteiger partial charge in [-0.05, 0) is 46.5 Å². The molecule has 2 aliphatic rings. The van der Waals surface area contributed by atoms with Crippen LogP contribution >= 0.6 is 0 Å². The monoisotopic (exact) mass is 233 g/mol. The molecule has 2 rings (SSSR count). The maximum atomic E-state index is 2.69. The first-order valence-corrected chi connectivity index (χ1v) is 7.23. The van der Waals surface area contributed by atoms with Crippen molar-refractivity contribution in [3.63, 3.8) is 0 Å². The highest BCUT2D eigenvalue weighted by Crippen LogP contribution is 2.40. The van der Waals surface area contributed by atoms with Gasteiger partial charge in [0.25, 0.3) is 0 Å². The molecule has 1 saturated carbocycles. The number of fused-ring (bicyclic) bond motifs is 1. The summed E-state index contributed by atoms with van der Waals surface area (Å²) in [5, 5.41) is 0. The third-order valence-electron chi connectivity index (χ3n) is 4.20. The van der Waals surface area contributed by atoms with Gasteiger partial charge < -0.3 is 0 Å². The first-order valence-electron chi connectivity index (χ1n) is 7.23. The van der Waals surface area contributed by atoms with Crippen LogP contribution in [0.15, 0.2) is 23.3 Å². The molecule has 0 aromatic rings. The van der Waals surface area contributed by atoms with E-state index in [-0.39, 0.29) is 0 Å². The zero-order valence-electron chi connectivity index (χ0n) is 11.7. The summed E-state index contributed by atoms with van der Waals surface area (Å²) in [7, 11) is 0. The molecule has 0 amide bonds. The van der Waals surface area contributed by atoms with E-state index in [1.54, 1.807) is 5.57 Å². The van der Waals surface area contributed by atoms with Gasteiger partial charge in [0.2, 0.25) is 0 Å². The van der Waals surface area contributed by atoms with E-state index in [1.807, 2.05) is 0 Å². The Kier molecular flexibility index (Phi) is 4.44. The molecule has 96 valence electrons. The van der Waals surface area contributed by atoms with Crippen molar-refractivity contribution >= 4 is 0 Å². The second-order valence-corrected chi connectivity index (χ2v) is 5.99. The van der Waals surface area contributed by atoms with Crippen LogP contribution in [0.3, 0.4) is 0 Å². The Bertz CT molecular complexity index is 297. The third kappa shape index (κ3) is 3.70. The van der Waals surface area contributed by atoms with Gasteiger partial charge in [0.05, 0.1) is 0 Å². The largest absolute Gasteiger partial charge is 0.291 e. The summed E-state index contributed by atoms with van der Waals surface area (Å²) >= 11 is 0. The molecular formula is C16H27N. The molecule has 2 unspecified atom stereocenters. The summed E-state index contributed by atoms with van der Waals surface area (Å²) in [6.07, 6.45) is 13.1. The number of likely N-dealkylation sites (tertiary alicyclic amines) is 1. The summed E-state index contributed by atoms with van der Waals surface area (Å²) in [5.74, 6) is 0. The maximum Gasteiger partial charge on any atom is 0.0258 e. The predicted octanol–water partition coefficient (Wildman–Crippen LogP) is 4.31. The van der Waals surface area contributed by atoms with Crippen molar-refractivity contribution in [1.82, 2.24) is 4.90 Å². The second kappa shape index (κ2) is 5.86. The normalized spacial score (nSPS) is 31.9. The molecule has 0 aromatic carbocycles. The van der Waals surface area contributed by atoms with Gasteiger partial charge in [-0.15, -0.1) is 0 Å². The molecule has 1 heterocycles. The molecule has 1 saturated heterocycles. The molecule has 0 spiro atoms. The molecule has 1 aliphatic heterocycles. The van der Waals surface area contributed by atoms with Crippen molar-refractivity contribution in [3.05, 3.63) is 23.3 Å². The van der Waals surface area contributed by atoms with Crippen molar-refractivity contribution in [2.45, 2.75) is 71.4 Å². The van der Waals surface area contributed by atoms with Crippen LogP contribution in [0.5, 0.6) is 0 Å². The Labute approximate surface area is 107 Å². The Morgan fingerprint density at radius 3 is 2.29 bits per heavy atom. The lowest BCUT2D eigenvalue weighted by molar-refractivity contribution is 0.529. The molecule has 0 bridgehead atoms. The summed E-state index contributed by atoms with van der Waals surface area (Å²) < 4.78 is 0. The fourth-order valence-corrected chi connectivity index (χ4v) is 3.04. The molecular weight excluding hydrogens is 206 g/mol. The average Bonchev–Trinajstić information content (AvgIpc) is 2.99. The van der Waals surface area contributed by atoms with Crippen LogP contribution in [0.2, 0.25) is 0 Å². The highest BCUT2D eigenvalue weighted by atomic mass is 15.3. The number of hydrogen-bond donors (Lipinski definition) is 0. The van der Waals surface area contributed by atoms with Gasteiger partial charge >= 0.3 is 0 Å². The van der Waals surface area contributed by atoms with E-state index in [0.717, 1.165) is 12.1 Å². The van der Waals surface area contributed by atoms with Crippen LogP contribution < -0.4 is 0 Å². The van der Waals surface area contributed by atoms with Crippen LogP contribution in [-0.2, 0) is 0 Å². The molecule has 0 N–H and O–H groups in total.